The SMILES string of the molecule is C[NH+]1CCN(c2ccccc2NC(=O)c2ccccc2[N+](=O)[O-])CC1. The number of likely N-dealkylation sites (N-methyl/N-ethyl adjacent to an activating group) is 1. The van der Waals surface area contributed by atoms with Crippen molar-refractivity contribution in [2.24, 2.45) is 0 Å². The predicted octanol–water partition coefficient (Wildman–Crippen LogP) is 1.18. The van der Waals surface area contributed by atoms with Crippen LogP contribution in [0.15, 0.2) is 48.5 Å². The molecule has 1 fully saturated rings. The highest BCUT2D eigenvalue weighted by atomic mass is 16.6. The minimum Gasteiger partial charge on any atom is -0.359 e. The van der Waals surface area contributed by atoms with Gasteiger partial charge in [0.05, 0.1) is 49.5 Å². The number of para-hydroxylation sites is 3. The predicted molar refractivity (Wildman–Crippen MR) is 96.3 cm³/mol. The van der Waals surface area contributed by atoms with Crippen molar-refractivity contribution in [3.63, 3.8) is 0 Å². The average Bonchev–Trinajstić information content (AvgIpc) is 2.63. The van der Waals surface area contributed by atoms with E-state index in [1.54, 1.807) is 12.1 Å². The van der Waals surface area contributed by atoms with Gasteiger partial charge in [0, 0.05) is 6.07 Å². The number of hydrogen-bond acceptors (Lipinski definition) is 4. The number of amides is 1. The molecule has 0 aliphatic carbocycles. The summed E-state index contributed by atoms with van der Waals surface area (Å²) in [6, 6.07) is 13.6. The van der Waals surface area contributed by atoms with Crippen LogP contribution in [0.2, 0.25) is 0 Å². The highest BCUT2D eigenvalue weighted by molar-refractivity contribution is 6.08. The Bertz CT molecular complexity index is 785. The van der Waals surface area contributed by atoms with Crippen molar-refractivity contribution < 1.29 is 14.6 Å². The van der Waals surface area contributed by atoms with E-state index in [4.69, 9.17) is 0 Å². The number of carbonyl (C=O) groups is 1. The summed E-state index contributed by atoms with van der Waals surface area (Å²) in [5.74, 6) is -0.473. The van der Waals surface area contributed by atoms with Crippen LogP contribution in [0.25, 0.3) is 0 Å². The first-order chi connectivity index (χ1) is 12.1. The molecule has 1 saturated heterocycles. The Labute approximate surface area is 146 Å². The summed E-state index contributed by atoms with van der Waals surface area (Å²) in [5.41, 5.74) is 1.48. The van der Waals surface area contributed by atoms with Crippen LogP contribution in [0, 0.1) is 10.1 Å². The Morgan fingerprint density at radius 2 is 1.76 bits per heavy atom. The van der Waals surface area contributed by atoms with Gasteiger partial charge in [-0.25, -0.2) is 0 Å². The van der Waals surface area contributed by atoms with E-state index in [1.165, 1.54) is 17.0 Å². The minimum absolute atomic E-state index is 0.0603. The molecular formula is C18H21N4O3+. The van der Waals surface area contributed by atoms with E-state index in [-0.39, 0.29) is 11.3 Å². The standard InChI is InChI=1S/C18H20N4O3/c1-20-10-12-21(13-11-20)17-9-5-3-7-15(17)19-18(23)14-6-2-4-8-16(14)22(24)25/h2-9H,10-13H2,1H3,(H,19,23)/p+1. The second-order valence-electron chi connectivity index (χ2n) is 6.19. The van der Waals surface area contributed by atoms with E-state index in [9.17, 15) is 14.9 Å². The molecule has 1 aliphatic rings. The van der Waals surface area contributed by atoms with Gasteiger partial charge in [-0.1, -0.05) is 24.3 Å². The average molecular weight is 341 g/mol. The molecule has 0 saturated carbocycles. The molecule has 0 bridgehead atoms. The zero-order valence-corrected chi connectivity index (χ0v) is 14.1. The van der Waals surface area contributed by atoms with Gasteiger partial charge in [-0.05, 0) is 18.2 Å². The number of benzene rings is 2. The molecule has 0 atom stereocenters. The number of hydrogen-bond donors (Lipinski definition) is 2. The van der Waals surface area contributed by atoms with E-state index in [0.29, 0.717) is 5.69 Å². The Hall–Kier alpha value is -2.93. The number of rotatable bonds is 4. The molecule has 25 heavy (non-hydrogen) atoms. The van der Waals surface area contributed by atoms with Crippen LogP contribution in [0.1, 0.15) is 10.4 Å². The van der Waals surface area contributed by atoms with Gasteiger partial charge >= 0.3 is 0 Å². The summed E-state index contributed by atoms with van der Waals surface area (Å²) in [6.07, 6.45) is 0. The van der Waals surface area contributed by atoms with Gasteiger partial charge in [0.25, 0.3) is 11.6 Å². The number of nitrogens with one attached hydrogen (secondary N) is 2. The third-order valence-electron chi connectivity index (χ3n) is 4.46. The Morgan fingerprint density at radius 1 is 1.12 bits per heavy atom. The van der Waals surface area contributed by atoms with Gasteiger partial charge in [-0.3, -0.25) is 14.9 Å². The number of nitro benzene ring substituents is 1. The van der Waals surface area contributed by atoms with Crippen LogP contribution in [-0.2, 0) is 0 Å². The summed E-state index contributed by atoms with van der Waals surface area (Å²) in [5, 5.41) is 14.0. The van der Waals surface area contributed by atoms with Gasteiger partial charge in [-0.2, -0.15) is 0 Å². The van der Waals surface area contributed by atoms with Gasteiger partial charge in [0.1, 0.15) is 5.56 Å². The Kier molecular flexibility index (Phi) is 4.95. The van der Waals surface area contributed by atoms with Crippen LogP contribution in [0.4, 0.5) is 17.1 Å². The molecule has 7 nitrogen and oxygen atoms in total. The van der Waals surface area contributed by atoms with Gasteiger partial charge < -0.3 is 15.1 Å². The molecule has 2 aromatic carbocycles. The van der Waals surface area contributed by atoms with E-state index in [2.05, 4.69) is 17.3 Å². The summed E-state index contributed by atoms with van der Waals surface area (Å²) >= 11 is 0. The number of nitrogens with zero attached hydrogens (tertiary/aromatic N) is 2. The molecule has 2 N–H and O–H groups in total. The van der Waals surface area contributed by atoms with Crippen LogP contribution < -0.4 is 15.1 Å². The van der Waals surface area contributed by atoms with Crippen molar-refractivity contribution in [2.45, 2.75) is 0 Å². The number of anilines is 2. The molecule has 1 aliphatic heterocycles. The second kappa shape index (κ2) is 7.31. The zero-order valence-electron chi connectivity index (χ0n) is 14.1. The van der Waals surface area contributed by atoms with Crippen molar-refractivity contribution in [1.29, 1.82) is 0 Å². The molecule has 2 aromatic rings. The van der Waals surface area contributed by atoms with Gasteiger partial charge in [0.15, 0.2) is 0 Å². The molecule has 3 rings (SSSR count). The van der Waals surface area contributed by atoms with Gasteiger partial charge in [-0.15, -0.1) is 0 Å². The maximum atomic E-state index is 12.6. The number of carbonyl (C=O) groups excluding carboxylic acids is 1. The summed E-state index contributed by atoms with van der Waals surface area (Å²) < 4.78 is 0. The maximum Gasteiger partial charge on any atom is 0.282 e. The normalized spacial score (nSPS) is 15.0. The third-order valence-corrected chi connectivity index (χ3v) is 4.46. The molecule has 0 radical (unpaired) electrons. The molecule has 1 amide bonds. The monoisotopic (exact) mass is 341 g/mol. The lowest BCUT2D eigenvalue weighted by atomic mass is 10.1. The fourth-order valence-electron chi connectivity index (χ4n) is 3.00. The van der Waals surface area contributed by atoms with Crippen LogP contribution in [0.5, 0.6) is 0 Å². The van der Waals surface area contributed by atoms with Crippen molar-refractivity contribution in [1.82, 2.24) is 0 Å². The lowest BCUT2D eigenvalue weighted by Crippen LogP contribution is -3.12. The molecule has 0 spiro atoms. The first kappa shape index (κ1) is 16.9. The Balaban J connectivity index is 1.84. The molecule has 0 unspecified atom stereocenters. The summed E-state index contributed by atoms with van der Waals surface area (Å²) in [7, 11) is 2.17. The lowest BCUT2D eigenvalue weighted by molar-refractivity contribution is -0.880. The van der Waals surface area contributed by atoms with Crippen LogP contribution >= 0.6 is 0 Å². The van der Waals surface area contributed by atoms with E-state index in [1.807, 2.05) is 24.3 Å². The molecular weight excluding hydrogens is 320 g/mol. The fourth-order valence-corrected chi connectivity index (χ4v) is 3.00. The van der Waals surface area contributed by atoms with Crippen molar-refractivity contribution >= 4 is 23.0 Å². The molecule has 7 heteroatoms. The quantitative estimate of drug-likeness (QED) is 0.646. The zero-order chi connectivity index (χ0) is 17.8. The van der Waals surface area contributed by atoms with Crippen molar-refractivity contribution in [3.8, 4) is 0 Å². The van der Waals surface area contributed by atoms with Gasteiger partial charge in [0.2, 0.25) is 0 Å². The molecule has 1 heterocycles. The summed E-state index contributed by atoms with van der Waals surface area (Å²) in [4.78, 5) is 26.9. The maximum absolute atomic E-state index is 12.6. The number of quaternary nitrogens is 1. The largest absolute Gasteiger partial charge is 0.359 e. The highest BCUT2D eigenvalue weighted by Gasteiger charge is 2.22. The smallest absolute Gasteiger partial charge is 0.282 e. The van der Waals surface area contributed by atoms with E-state index >= 15 is 0 Å². The molecule has 0 aromatic heterocycles. The first-order valence-electron chi connectivity index (χ1n) is 8.26. The minimum atomic E-state index is -0.538. The first-order valence-corrected chi connectivity index (χ1v) is 8.26. The summed E-state index contributed by atoms with van der Waals surface area (Å²) in [6.45, 7) is 3.88. The van der Waals surface area contributed by atoms with Crippen LogP contribution in [0.3, 0.4) is 0 Å². The van der Waals surface area contributed by atoms with E-state index < -0.39 is 10.8 Å². The number of piperazine rings is 1. The van der Waals surface area contributed by atoms with E-state index in [0.717, 1.165) is 31.9 Å². The highest BCUT2D eigenvalue weighted by Crippen LogP contribution is 2.27. The van der Waals surface area contributed by atoms with Crippen molar-refractivity contribution in [2.75, 3.05) is 43.4 Å². The fraction of sp³-hybridized carbons (Fsp3) is 0.278. The third kappa shape index (κ3) is 3.77. The Morgan fingerprint density at radius 3 is 2.48 bits per heavy atom. The van der Waals surface area contributed by atoms with Crippen LogP contribution in [-0.4, -0.2) is 44.1 Å². The molecule has 130 valence electrons. The lowest BCUT2D eigenvalue weighted by Gasteiger charge is -2.33. The van der Waals surface area contributed by atoms with Crippen molar-refractivity contribution in [3.05, 3.63) is 64.2 Å². The topological polar surface area (TPSA) is 79.9 Å². The number of nitro groups is 1. The second-order valence-corrected chi connectivity index (χ2v) is 6.19.